The minimum absolute atomic E-state index is 0.181. The Morgan fingerprint density at radius 3 is 2.07 bits per heavy atom. The average Bonchev–Trinajstić information content (AvgIpc) is 2.15. The number of aliphatic hydroxyl groups excluding tert-OH is 1. The van der Waals surface area contributed by atoms with Crippen molar-refractivity contribution in [1.29, 1.82) is 0 Å². The van der Waals surface area contributed by atoms with E-state index in [9.17, 15) is 13.2 Å². The number of alkyl halides is 3. The lowest BCUT2D eigenvalue weighted by molar-refractivity contribution is -0.207. The van der Waals surface area contributed by atoms with Gasteiger partial charge in [0.2, 0.25) is 0 Å². The highest BCUT2D eigenvalue weighted by Crippen LogP contribution is 2.35. The quantitative estimate of drug-likeness (QED) is 0.801. The van der Waals surface area contributed by atoms with Gasteiger partial charge < -0.3 is 10.8 Å². The molecule has 0 amide bonds. The molecule has 1 aromatic carbocycles. The van der Waals surface area contributed by atoms with Crippen LogP contribution in [-0.4, -0.2) is 11.3 Å². The van der Waals surface area contributed by atoms with Crippen molar-refractivity contribution < 1.29 is 18.3 Å². The summed E-state index contributed by atoms with van der Waals surface area (Å²) in [6, 6.07) is 5.20. The molecule has 1 rings (SSSR count). The second kappa shape index (κ2) is 4.20. The Morgan fingerprint density at radius 1 is 1.20 bits per heavy atom. The van der Waals surface area contributed by atoms with Crippen molar-refractivity contribution in [2.24, 2.45) is 5.73 Å². The van der Waals surface area contributed by atoms with Gasteiger partial charge in [0.05, 0.1) is 0 Å². The zero-order chi connectivity index (χ0) is 11.6. The van der Waals surface area contributed by atoms with E-state index in [1.54, 1.807) is 13.0 Å². The Labute approximate surface area is 85.5 Å². The molecule has 3 N–H and O–H groups in total. The monoisotopic (exact) mass is 219 g/mol. The van der Waals surface area contributed by atoms with Gasteiger partial charge in [0.15, 0.2) is 6.10 Å². The zero-order valence-electron chi connectivity index (χ0n) is 8.12. The van der Waals surface area contributed by atoms with Gasteiger partial charge in [-0.15, -0.1) is 0 Å². The number of hydrogen-bond donors (Lipinski definition) is 2. The highest BCUT2D eigenvalue weighted by Gasteiger charge is 2.40. The standard InChI is InChI=1S/C10H12F3NO/c1-6(14)7-4-2-3-5-8(7)9(15)10(11,12)13/h2-6,9,15H,14H2,1H3. The highest BCUT2D eigenvalue weighted by atomic mass is 19.4. The van der Waals surface area contributed by atoms with Gasteiger partial charge in [-0.1, -0.05) is 24.3 Å². The van der Waals surface area contributed by atoms with E-state index in [0.29, 0.717) is 5.56 Å². The van der Waals surface area contributed by atoms with Crippen LogP contribution in [0, 0.1) is 0 Å². The normalized spacial score (nSPS) is 16.1. The van der Waals surface area contributed by atoms with Crippen LogP contribution < -0.4 is 5.73 Å². The SMILES string of the molecule is CC(N)c1ccccc1C(O)C(F)(F)F. The number of aliphatic hydroxyl groups is 1. The number of hydrogen-bond acceptors (Lipinski definition) is 2. The van der Waals surface area contributed by atoms with Crippen molar-refractivity contribution >= 4 is 0 Å². The predicted molar refractivity (Wildman–Crippen MR) is 50.1 cm³/mol. The van der Waals surface area contributed by atoms with E-state index in [0.717, 1.165) is 0 Å². The predicted octanol–water partition coefficient (Wildman–Crippen LogP) is 2.30. The molecule has 1 aromatic rings. The second-order valence-corrected chi connectivity index (χ2v) is 3.36. The maximum atomic E-state index is 12.3. The van der Waals surface area contributed by atoms with Gasteiger partial charge >= 0.3 is 6.18 Å². The summed E-state index contributed by atoms with van der Waals surface area (Å²) in [4.78, 5) is 0. The van der Waals surface area contributed by atoms with Gasteiger partial charge in [0, 0.05) is 6.04 Å². The van der Waals surface area contributed by atoms with Crippen LogP contribution in [0.2, 0.25) is 0 Å². The first-order valence-corrected chi connectivity index (χ1v) is 4.43. The molecule has 5 heteroatoms. The number of benzene rings is 1. The number of halogens is 3. The summed E-state index contributed by atoms with van der Waals surface area (Å²) in [6.45, 7) is 1.57. The first-order chi connectivity index (χ1) is 6.84. The fourth-order valence-corrected chi connectivity index (χ4v) is 1.35. The minimum atomic E-state index is -4.66. The number of rotatable bonds is 2. The summed E-state index contributed by atoms with van der Waals surface area (Å²) in [7, 11) is 0. The Balaban J connectivity index is 3.14. The van der Waals surface area contributed by atoms with Crippen molar-refractivity contribution in [1.82, 2.24) is 0 Å². The molecule has 15 heavy (non-hydrogen) atoms. The molecule has 0 saturated heterocycles. The fourth-order valence-electron chi connectivity index (χ4n) is 1.35. The third-order valence-corrected chi connectivity index (χ3v) is 2.09. The van der Waals surface area contributed by atoms with Crippen LogP contribution in [0.15, 0.2) is 24.3 Å². The summed E-state index contributed by atoms with van der Waals surface area (Å²) < 4.78 is 36.9. The van der Waals surface area contributed by atoms with E-state index in [4.69, 9.17) is 10.8 Å². The third kappa shape index (κ3) is 2.70. The molecule has 0 saturated carbocycles. The lowest BCUT2D eigenvalue weighted by Gasteiger charge is -2.19. The van der Waals surface area contributed by atoms with E-state index in [2.05, 4.69) is 0 Å². The van der Waals surface area contributed by atoms with E-state index in [1.807, 2.05) is 0 Å². The van der Waals surface area contributed by atoms with Gasteiger partial charge in [-0.25, -0.2) is 0 Å². The Kier molecular flexibility index (Phi) is 3.36. The maximum absolute atomic E-state index is 12.3. The van der Waals surface area contributed by atoms with Crippen molar-refractivity contribution in [3.05, 3.63) is 35.4 Å². The topological polar surface area (TPSA) is 46.2 Å². The maximum Gasteiger partial charge on any atom is 0.418 e. The Morgan fingerprint density at radius 2 is 1.67 bits per heavy atom. The Hall–Kier alpha value is -1.07. The average molecular weight is 219 g/mol. The van der Waals surface area contributed by atoms with E-state index >= 15 is 0 Å². The van der Waals surface area contributed by atoms with Crippen molar-refractivity contribution in [2.45, 2.75) is 25.2 Å². The summed E-state index contributed by atoms with van der Waals surface area (Å²) >= 11 is 0. The molecule has 2 unspecified atom stereocenters. The third-order valence-electron chi connectivity index (χ3n) is 2.09. The second-order valence-electron chi connectivity index (χ2n) is 3.36. The molecule has 0 radical (unpaired) electrons. The van der Waals surface area contributed by atoms with Crippen LogP contribution in [0.25, 0.3) is 0 Å². The lowest BCUT2D eigenvalue weighted by atomic mass is 9.97. The van der Waals surface area contributed by atoms with Crippen LogP contribution in [0.5, 0.6) is 0 Å². The lowest BCUT2D eigenvalue weighted by Crippen LogP contribution is -2.23. The van der Waals surface area contributed by atoms with Crippen molar-refractivity contribution in [2.75, 3.05) is 0 Å². The molecular weight excluding hydrogens is 207 g/mol. The van der Waals surface area contributed by atoms with Crippen LogP contribution in [-0.2, 0) is 0 Å². The molecular formula is C10H12F3NO. The molecule has 0 aliphatic rings. The number of nitrogens with two attached hydrogens (primary N) is 1. The van der Waals surface area contributed by atoms with Crippen LogP contribution >= 0.6 is 0 Å². The largest absolute Gasteiger partial charge is 0.418 e. The first kappa shape index (κ1) is 12.0. The highest BCUT2D eigenvalue weighted by molar-refractivity contribution is 5.32. The van der Waals surface area contributed by atoms with E-state index in [-0.39, 0.29) is 5.56 Å². The van der Waals surface area contributed by atoms with Crippen LogP contribution in [0.4, 0.5) is 13.2 Å². The molecule has 2 nitrogen and oxygen atoms in total. The molecule has 0 aliphatic heterocycles. The first-order valence-electron chi connectivity index (χ1n) is 4.43. The summed E-state index contributed by atoms with van der Waals surface area (Å²) in [5.41, 5.74) is 5.64. The van der Waals surface area contributed by atoms with Crippen molar-refractivity contribution in [3.63, 3.8) is 0 Å². The molecule has 0 heterocycles. The van der Waals surface area contributed by atoms with Gasteiger partial charge in [0.1, 0.15) is 0 Å². The van der Waals surface area contributed by atoms with Crippen LogP contribution in [0.3, 0.4) is 0 Å². The molecule has 0 aliphatic carbocycles. The molecule has 0 fully saturated rings. The van der Waals surface area contributed by atoms with Crippen LogP contribution in [0.1, 0.15) is 30.2 Å². The van der Waals surface area contributed by atoms with Gasteiger partial charge in [-0.3, -0.25) is 0 Å². The van der Waals surface area contributed by atoms with Crippen molar-refractivity contribution in [3.8, 4) is 0 Å². The van der Waals surface area contributed by atoms with Gasteiger partial charge in [-0.2, -0.15) is 13.2 Å². The summed E-state index contributed by atoms with van der Waals surface area (Å²) in [6.07, 6.45) is -7.13. The van der Waals surface area contributed by atoms with Gasteiger partial charge in [-0.05, 0) is 18.1 Å². The van der Waals surface area contributed by atoms with E-state index in [1.165, 1.54) is 18.2 Å². The molecule has 0 spiro atoms. The molecule has 2 atom stereocenters. The minimum Gasteiger partial charge on any atom is -0.379 e. The van der Waals surface area contributed by atoms with Gasteiger partial charge in [0.25, 0.3) is 0 Å². The summed E-state index contributed by atoms with van der Waals surface area (Å²) in [5, 5.41) is 9.11. The van der Waals surface area contributed by atoms with E-state index < -0.39 is 18.3 Å². The summed E-state index contributed by atoms with van der Waals surface area (Å²) in [5.74, 6) is 0. The zero-order valence-corrected chi connectivity index (χ0v) is 8.12. The molecule has 0 aromatic heterocycles. The molecule has 84 valence electrons. The Bertz CT molecular complexity index is 336. The smallest absolute Gasteiger partial charge is 0.379 e. The molecule has 0 bridgehead atoms. The fraction of sp³-hybridized carbons (Fsp3) is 0.400.